The Kier molecular flexibility index (Phi) is 4.87. The fourth-order valence-corrected chi connectivity index (χ4v) is 1.73. The standard InChI is InChI=1S/C16H14N2O4/c1-22-16(21)12-7-5-11(6-8-12)10-17-18-14-4-2-3-13(9-14)15(19)20/h2-10,18H,1H3,(H,19,20). The second-order valence-corrected chi connectivity index (χ2v) is 4.37. The van der Waals surface area contributed by atoms with Crippen LogP contribution in [0.1, 0.15) is 26.3 Å². The number of ether oxygens (including phenoxy) is 1. The van der Waals surface area contributed by atoms with Crippen molar-refractivity contribution in [1.29, 1.82) is 0 Å². The number of hydrogen-bond acceptors (Lipinski definition) is 5. The van der Waals surface area contributed by atoms with E-state index < -0.39 is 11.9 Å². The van der Waals surface area contributed by atoms with Gasteiger partial charge in [-0.15, -0.1) is 0 Å². The molecule has 0 bridgehead atoms. The summed E-state index contributed by atoms with van der Waals surface area (Å²) in [6.45, 7) is 0. The molecule has 2 aromatic carbocycles. The number of carboxylic acids is 1. The van der Waals surface area contributed by atoms with Gasteiger partial charge >= 0.3 is 11.9 Å². The molecule has 0 aliphatic carbocycles. The number of esters is 1. The van der Waals surface area contributed by atoms with Crippen LogP contribution in [0.2, 0.25) is 0 Å². The van der Waals surface area contributed by atoms with Gasteiger partial charge < -0.3 is 9.84 Å². The summed E-state index contributed by atoms with van der Waals surface area (Å²) in [5.41, 5.74) is 4.75. The van der Waals surface area contributed by atoms with Gasteiger partial charge in [-0.05, 0) is 35.9 Å². The smallest absolute Gasteiger partial charge is 0.337 e. The maximum Gasteiger partial charge on any atom is 0.337 e. The van der Waals surface area contributed by atoms with Crippen LogP contribution in [0.5, 0.6) is 0 Å². The van der Waals surface area contributed by atoms with E-state index in [0.717, 1.165) is 5.56 Å². The van der Waals surface area contributed by atoms with Crippen LogP contribution in [0.4, 0.5) is 5.69 Å². The first-order valence-electron chi connectivity index (χ1n) is 6.41. The number of methoxy groups -OCH3 is 1. The Hall–Kier alpha value is -3.15. The number of nitrogens with zero attached hydrogens (tertiary/aromatic N) is 1. The molecule has 0 saturated heterocycles. The molecule has 2 N–H and O–H groups in total. The minimum absolute atomic E-state index is 0.183. The number of hydrazone groups is 1. The fraction of sp³-hybridized carbons (Fsp3) is 0.0625. The predicted octanol–water partition coefficient (Wildman–Crippen LogP) is 2.62. The minimum Gasteiger partial charge on any atom is -0.478 e. The summed E-state index contributed by atoms with van der Waals surface area (Å²) in [6.07, 6.45) is 1.56. The summed E-state index contributed by atoms with van der Waals surface area (Å²) in [4.78, 5) is 22.2. The number of hydrogen-bond donors (Lipinski definition) is 2. The highest BCUT2D eigenvalue weighted by atomic mass is 16.5. The van der Waals surface area contributed by atoms with Gasteiger partial charge in [0.2, 0.25) is 0 Å². The number of carboxylic acid groups (broad SMARTS) is 1. The van der Waals surface area contributed by atoms with E-state index in [4.69, 9.17) is 5.11 Å². The molecule has 0 saturated carbocycles. The van der Waals surface area contributed by atoms with Crippen molar-refractivity contribution in [2.45, 2.75) is 0 Å². The van der Waals surface area contributed by atoms with Crippen LogP contribution in [0.25, 0.3) is 0 Å². The number of nitrogens with one attached hydrogen (secondary N) is 1. The summed E-state index contributed by atoms with van der Waals surface area (Å²) in [5, 5.41) is 12.9. The van der Waals surface area contributed by atoms with Crippen molar-refractivity contribution in [3.05, 3.63) is 65.2 Å². The van der Waals surface area contributed by atoms with Gasteiger partial charge in [0.25, 0.3) is 0 Å². The molecular weight excluding hydrogens is 284 g/mol. The first-order valence-corrected chi connectivity index (χ1v) is 6.41. The summed E-state index contributed by atoms with van der Waals surface area (Å²) < 4.78 is 4.61. The minimum atomic E-state index is -0.994. The Morgan fingerprint density at radius 3 is 2.50 bits per heavy atom. The molecule has 0 unspecified atom stereocenters. The molecular formula is C16H14N2O4. The topological polar surface area (TPSA) is 88.0 Å². The first kappa shape index (κ1) is 15.2. The van der Waals surface area contributed by atoms with E-state index in [1.165, 1.54) is 19.2 Å². The number of carbonyl (C=O) groups excluding carboxylic acids is 1. The highest BCUT2D eigenvalue weighted by Gasteiger charge is 2.04. The number of anilines is 1. The zero-order valence-electron chi connectivity index (χ0n) is 11.8. The highest BCUT2D eigenvalue weighted by Crippen LogP contribution is 2.10. The number of carbonyl (C=O) groups is 2. The molecule has 0 radical (unpaired) electrons. The molecule has 112 valence electrons. The maximum absolute atomic E-state index is 11.3. The Bertz CT molecular complexity index is 708. The van der Waals surface area contributed by atoms with Crippen LogP contribution in [-0.4, -0.2) is 30.4 Å². The van der Waals surface area contributed by atoms with Crippen LogP contribution in [0.15, 0.2) is 53.6 Å². The van der Waals surface area contributed by atoms with Crippen LogP contribution in [0, 0.1) is 0 Å². The molecule has 2 aromatic rings. The van der Waals surface area contributed by atoms with Crippen molar-refractivity contribution in [1.82, 2.24) is 0 Å². The molecule has 0 atom stereocenters. The SMILES string of the molecule is COC(=O)c1ccc(C=NNc2cccc(C(=O)O)c2)cc1. The van der Waals surface area contributed by atoms with E-state index in [0.29, 0.717) is 11.3 Å². The lowest BCUT2D eigenvalue weighted by Crippen LogP contribution is -2.01. The Labute approximate surface area is 127 Å². The zero-order valence-corrected chi connectivity index (χ0v) is 11.8. The van der Waals surface area contributed by atoms with Gasteiger partial charge in [-0.2, -0.15) is 5.10 Å². The Morgan fingerprint density at radius 2 is 1.86 bits per heavy atom. The molecule has 22 heavy (non-hydrogen) atoms. The molecule has 0 aliphatic rings. The van der Waals surface area contributed by atoms with Gasteiger partial charge in [0, 0.05) is 0 Å². The molecule has 0 spiro atoms. The van der Waals surface area contributed by atoms with Gasteiger partial charge in [-0.1, -0.05) is 18.2 Å². The van der Waals surface area contributed by atoms with E-state index in [9.17, 15) is 9.59 Å². The molecule has 0 fully saturated rings. The van der Waals surface area contributed by atoms with Crippen LogP contribution in [-0.2, 0) is 4.74 Å². The molecule has 6 heteroatoms. The molecule has 0 heterocycles. The Balaban J connectivity index is 2.02. The van der Waals surface area contributed by atoms with Gasteiger partial charge in [0.1, 0.15) is 0 Å². The third kappa shape index (κ3) is 3.92. The van der Waals surface area contributed by atoms with Crippen molar-refractivity contribution in [3.8, 4) is 0 Å². The van der Waals surface area contributed by atoms with Crippen molar-refractivity contribution in [3.63, 3.8) is 0 Å². The normalized spacial score (nSPS) is 10.4. The van der Waals surface area contributed by atoms with E-state index >= 15 is 0 Å². The van der Waals surface area contributed by atoms with E-state index in [-0.39, 0.29) is 5.56 Å². The third-order valence-corrected chi connectivity index (χ3v) is 2.85. The monoisotopic (exact) mass is 298 g/mol. The molecule has 2 rings (SSSR count). The van der Waals surface area contributed by atoms with E-state index in [1.807, 2.05) is 0 Å². The van der Waals surface area contributed by atoms with Crippen LogP contribution < -0.4 is 5.43 Å². The quantitative estimate of drug-likeness (QED) is 0.503. The van der Waals surface area contributed by atoms with Crippen molar-refractivity contribution < 1.29 is 19.4 Å². The van der Waals surface area contributed by atoms with E-state index in [2.05, 4.69) is 15.3 Å². The lowest BCUT2D eigenvalue weighted by atomic mass is 10.1. The molecule has 0 aliphatic heterocycles. The third-order valence-electron chi connectivity index (χ3n) is 2.85. The van der Waals surface area contributed by atoms with Crippen molar-refractivity contribution >= 4 is 23.8 Å². The number of benzene rings is 2. The average molecular weight is 298 g/mol. The lowest BCUT2D eigenvalue weighted by Gasteiger charge is -2.02. The molecule has 6 nitrogen and oxygen atoms in total. The Morgan fingerprint density at radius 1 is 1.14 bits per heavy atom. The summed E-state index contributed by atoms with van der Waals surface area (Å²) in [7, 11) is 1.33. The van der Waals surface area contributed by atoms with Crippen molar-refractivity contribution in [2.75, 3.05) is 12.5 Å². The largest absolute Gasteiger partial charge is 0.478 e. The first-order chi connectivity index (χ1) is 10.6. The number of aromatic carboxylic acids is 1. The van der Waals surface area contributed by atoms with E-state index in [1.54, 1.807) is 42.6 Å². The average Bonchev–Trinajstić information content (AvgIpc) is 2.55. The second kappa shape index (κ2) is 7.03. The lowest BCUT2D eigenvalue weighted by molar-refractivity contribution is 0.0600. The van der Waals surface area contributed by atoms with Gasteiger partial charge in [-0.3, -0.25) is 5.43 Å². The highest BCUT2D eigenvalue weighted by molar-refractivity contribution is 5.91. The summed E-state index contributed by atoms with van der Waals surface area (Å²) >= 11 is 0. The summed E-state index contributed by atoms with van der Waals surface area (Å²) in [6, 6.07) is 13.1. The summed E-state index contributed by atoms with van der Waals surface area (Å²) in [5.74, 6) is -1.39. The fourth-order valence-electron chi connectivity index (χ4n) is 1.73. The molecule has 0 aromatic heterocycles. The van der Waals surface area contributed by atoms with Gasteiger partial charge in [-0.25, -0.2) is 9.59 Å². The van der Waals surface area contributed by atoms with Crippen LogP contribution >= 0.6 is 0 Å². The van der Waals surface area contributed by atoms with Crippen LogP contribution in [0.3, 0.4) is 0 Å². The maximum atomic E-state index is 11.3. The zero-order chi connectivity index (χ0) is 15.9. The molecule has 0 amide bonds. The van der Waals surface area contributed by atoms with Gasteiger partial charge in [0.05, 0.1) is 30.1 Å². The van der Waals surface area contributed by atoms with Gasteiger partial charge in [0.15, 0.2) is 0 Å². The van der Waals surface area contributed by atoms with Crippen molar-refractivity contribution in [2.24, 2.45) is 5.10 Å². The predicted molar refractivity (Wildman–Crippen MR) is 82.4 cm³/mol. The second-order valence-electron chi connectivity index (χ2n) is 4.37. The number of rotatable bonds is 5.